The number of carbonyl (C=O) groups excluding carboxylic acids is 1. The number of amidine groups is 2. The number of benzene rings is 1. The highest BCUT2D eigenvalue weighted by molar-refractivity contribution is 5.87. The van der Waals surface area contributed by atoms with Gasteiger partial charge in [0, 0.05) is 25.2 Å². The lowest BCUT2D eigenvalue weighted by Crippen LogP contribution is -2.41. The van der Waals surface area contributed by atoms with Crippen LogP contribution in [-0.2, 0) is 27.2 Å². The van der Waals surface area contributed by atoms with Crippen LogP contribution in [-0.4, -0.2) is 70.6 Å². The fourth-order valence-corrected chi connectivity index (χ4v) is 3.81. The number of amides is 1. The van der Waals surface area contributed by atoms with Crippen molar-refractivity contribution in [1.82, 2.24) is 5.32 Å². The summed E-state index contributed by atoms with van der Waals surface area (Å²) in [5.74, 6) is -1.43. The first-order valence-electron chi connectivity index (χ1n) is 12.9. The highest BCUT2D eigenvalue weighted by Crippen LogP contribution is 2.11. The molecule has 0 saturated carbocycles. The van der Waals surface area contributed by atoms with Crippen molar-refractivity contribution in [1.29, 1.82) is 0 Å². The van der Waals surface area contributed by atoms with Gasteiger partial charge in [-0.3, -0.25) is 19.8 Å². The molecule has 0 spiro atoms. The minimum Gasteiger partial charge on any atom is -0.480 e. The molecule has 2 unspecified atom stereocenters. The van der Waals surface area contributed by atoms with E-state index in [4.69, 9.17) is 11.5 Å². The molecule has 0 aromatic heterocycles. The molecule has 0 aliphatic heterocycles. The molecule has 11 heteroatoms. The second-order valence-electron chi connectivity index (χ2n) is 9.39. The molecule has 0 saturated heterocycles. The number of nitrogens with two attached hydrogens (primary N) is 2. The van der Waals surface area contributed by atoms with Gasteiger partial charge < -0.3 is 27.0 Å². The summed E-state index contributed by atoms with van der Waals surface area (Å²) >= 11 is 0. The third kappa shape index (κ3) is 14.7. The molecule has 2 atom stereocenters. The van der Waals surface area contributed by atoms with Crippen molar-refractivity contribution < 1.29 is 24.6 Å². The van der Waals surface area contributed by atoms with Crippen molar-refractivity contribution in [2.45, 2.75) is 84.2 Å². The Labute approximate surface area is 224 Å². The van der Waals surface area contributed by atoms with Gasteiger partial charge in [-0.05, 0) is 70.4 Å². The summed E-state index contributed by atoms with van der Waals surface area (Å²) in [7, 11) is 0. The van der Waals surface area contributed by atoms with E-state index in [0.717, 1.165) is 17.5 Å². The number of hydrogen-bond acceptors (Lipinski definition) is 6. The van der Waals surface area contributed by atoms with E-state index in [1.54, 1.807) is 26.8 Å². The van der Waals surface area contributed by atoms with Crippen molar-refractivity contribution >= 4 is 35.2 Å². The first-order valence-corrected chi connectivity index (χ1v) is 12.9. The Morgan fingerprint density at radius 3 is 1.92 bits per heavy atom. The van der Waals surface area contributed by atoms with E-state index in [1.807, 2.05) is 18.2 Å². The number of nitrogens with one attached hydrogen (secondary N) is 1. The Kier molecular flexibility index (Phi) is 15.0. The van der Waals surface area contributed by atoms with Gasteiger partial charge in [0.05, 0.1) is 18.1 Å². The number of unbranched alkanes of at least 4 members (excludes halogenated alkanes) is 2. The van der Waals surface area contributed by atoms with Crippen LogP contribution in [0, 0.1) is 0 Å². The monoisotopic (exact) mass is 530 g/mol. The van der Waals surface area contributed by atoms with E-state index in [-0.39, 0.29) is 12.3 Å². The highest BCUT2D eigenvalue weighted by atomic mass is 16.4. The number of hydrogen-bond donors (Lipinski definition) is 5. The van der Waals surface area contributed by atoms with Crippen LogP contribution in [0.4, 0.5) is 0 Å². The van der Waals surface area contributed by atoms with Crippen molar-refractivity contribution in [2.24, 2.45) is 26.4 Å². The number of aliphatic carboxylic acids is 2. The molecule has 38 heavy (non-hydrogen) atoms. The largest absolute Gasteiger partial charge is 0.480 e. The smallest absolute Gasteiger partial charge is 0.328 e. The molecule has 7 N–H and O–H groups in total. The zero-order valence-electron chi connectivity index (χ0n) is 22.7. The molecule has 0 radical (unpaired) electrons. The standard InChI is InChI=1S/C27H42N6O5/c1-18(32-23(26(35)36)11-4-6-13-30-19(2)28)15-21-9-8-10-22(16-21)17-25(34)33-24(27(37)38)12-5-7-14-31-20(3)29/h8-10,16,23-24H,4-7,11-15,17H2,1-3H3,(H2,28,30)(H2,29,31)(H,33,34)(H,35,36)(H,37,38). The lowest BCUT2D eigenvalue weighted by molar-refractivity contribution is -0.142. The maximum atomic E-state index is 12.5. The summed E-state index contributed by atoms with van der Waals surface area (Å²) in [6, 6.07) is 5.55. The van der Waals surface area contributed by atoms with Crippen LogP contribution < -0.4 is 16.8 Å². The molecule has 1 aromatic carbocycles. The summed E-state index contributed by atoms with van der Waals surface area (Å²) in [5, 5.41) is 21.6. The number of carboxylic acid groups (broad SMARTS) is 2. The van der Waals surface area contributed by atoms with Crippen LogP contribution >= 0.6 is 0 Å². The van der Waals surface area contributed by atoms with Gasteiger partial charge in [-0.1, -0.05) is 24.3 Å². The molecule has 0 fully saturated rings. The first-order chi connectivity index (χ1) is 18.0. The zero-order chi connectivity index (χ0) is 28.5. The molecule has 210 valence electrons. The summed E-state index contributed by atoms with van der Waals surface area (Å²) in [4.78, 5) is 48.3. The van der Waals surface area contributed by atoms with Gasteiger partial charge in [-0.15, -0.1) is 0 Å². The van der Waals surface area contributed by atoms with Crippen LogP contribution in [0.2, 0.25) is 0 Å². The van der Waals surface area contributed by atoms with Crippen molar-refractivity contribution in [3.63, 3.8) is 0 Å². The van der Waals surface area contributed by atoms with E-state index in [0.29, 0.717) is 69.0 Å². The molecular formula is C27H42N6O5. The topological polar surface area (TPSA) is 193 Å². The third-order valence-electron chi connectivity index (χ3n) is 5.62. The fraction of sp³-hybridized carbons (Fsp3) is 0.556. The van der Waals surface area contributed by atoms with Crippen LogP contribution in [0.15, 0.2) is 39.2 Å². The predicted octanol–water partition coefficient (Wildman–Crippen LogP) is 2.35. The maximum Gasteiger partial charge on any atom is 0.328 e. The normalized spacial score (nSPS) is 14.1. The molecule has 11 nitrogen and oxygen atoms in total. The maximum absolute atomic E-state index is 12.5. The van der Waals surface area contributed by atoms with Gasteiger partial charge in [0.25, 0.3) is 0 Å². The summed E-state index contributed by atoms with van der Waals surface area (Å²) < 4.78 is 0. The number of aliphatic imine (C=N–C) groups is 3. The van der Waals surface area contributed by atoms with Gasteiger partial charge in [0.2, 0.25) is 5.91 Å². The van der Waals surface area contributed by atoms with Gasteiger partial charge in [-0.2, -0.15) is 0 Å². The minimum atomic E-state index is -1.08. The average Bonchev–Trinajstić information content (AvgIpc) is 2.81. The highest BCUT2D eigenvalue weighted by Gasteiger charge is 2.20. The van der Waals surface area contributed by atoms with Crippen molar-refractivity contribution in [3.8, 4) is 0 Å². The fourth-order valence-electron chi connectivity index (χ4n) is 3.81. The average molecular weight is 531 g/mol. The van der Waals surface area contributed by atoms with Gasteiger partial charge in [0.15, 0.2) is 0 Å². The lowest BCUT2D eigenvalue weighted by Gasteiger charge is -2.14. The Morgan fingerprint density at radius 1 is 0.842 bits per heavy atom. The third-order valence-corrected chi connectivity index (χ3v) is 5.62. The molecule has 0 aliphatic rings. The molecule has 1 amide bonds. The summed E-state index contributed by atoms with van der Waals surface area (Å²) in [6.07, 6.45) is 3.89. The molecule has 0 bridgehead atoms. The molecule has 0 aliphatic carbocycles. The Bertz CT molecular complexity index is 1010. The number of rotatable bonds is 18. The van der Waals surface area contributed by atoms with Crippen molar-refractivity contribution in [2.75, 3.05) is 13.1 Å². The lowest BCUT2D eigenvalue weighted by atomic mass is 10.0. The van der Waals surface area contributed by atoms with E-state index in [2.05, 4.69) is 20.3 Å². The van der Waals surface area contributed by atoms with Crippen LogP contribution in [0.25, 0.3) is 0 Å². The number of nitrogens with zero attached hydrogens (tertiary/aromatic N) is 3. The van der Waals surface area contributed by atoms with Gasteiger partial charge >= 0.3 is 11.9 Å². The molecule has 1 aromatic rings. The Morgan fingerprint density at radius 2 is 1.39 bits per heavy atom. The number of carbonyl (C=O) groups is 3. The quantitative estimate of drug-likeness (QED) is 0.109. The van der Waals surface area contributed by atoms with Crippen LogP contribution in [0.5, 0.6) is 0 Å². The summed E-state index contributed by atoms with van der Waals surface area (Å²) in [6.45, 7) is 6.28. The Hall–Kier alpha value is -3.76. The van der Waals surface area contributed by atoms with E-state index >= 15 is 0 Å². The molecule has 1 rings (SSSR count). The van der Waals surface area contributed by atoms with E-state index < -0.39 is 24.0 Å². The minimum absolute atomic E-state index is 0.0347. The van der Waals surface area contributed by atoms with E-state index in [1.165, 1.54) is 0 Å². The van der Waals surface area contributed by atoms with E-state index in [9.17, 15) is 24.6 Å². The predicted molar refractivity (Wildman–Crippen MR) is 150 cm³/mol. The SMILES string of the molecule is CC(N)=NCCCCC(N=C(C)Cc1cccc(CC(=O)NC(CCCCN=C(C)N)C(=O)O)c1)C(=O)O. The molecular weight excluding hydrogens is 488 g/mol. The zero-order valence-corrected chi connectivity index (χ0v) is 22.7. The first kappa shape index (κ1) is 32.3. The van der Waals surface area contributed by atoms with Gasteiger partial charge in [0.1, 0.15) is 12.1 Å². The van der Waals surface area contributed by atoms with Crippen LogP contribution in [0.3, 0.4) is 0 Å². The number of carboxylic acids is 2. The second-order valence-corrected chi connectivity index (χ2v) is 9.39. The summed E-state index contributed by atoms with van der Waals surface area (Å²) in [5.41, 5.74) is 13.3. The Balaban J connectivity index is 2.67. The molecule has 0 heterocycles. The van der Waals surface area contributed by atoms with Gasteiger partial charge in [-0.25, -0.2) is 9.59 Å². The van der Waals surface area contributed by atoms with Crippen molar-refractivity contribution in [3.05, 3.63) is 35.4 Å². The second kappa shape index (κ2) is 17.7. The van der Waals surface area contributed by atoms with Crippen LogP contribution in [0.1, 0.15) is 70.4 Å².